The van der Waals surface area contributed by atoms with Crippen molar-refractivity contribution in [3.8, 4) is 22.4 Å². The zero-order valence-electron chi connectivity index (χ0n) is 11.9. The van der Waals surface area contributed by atoms with E-state index >= 15 is 0 Å². The molecule has 0 saturated heterocycles. The molecule has 0 aliphatic carbocycles. The van der Waals surface area contributed by atoms with Gasteiger partial charge in [0.25, 0.3) is 0 Å². The van der Waals surface area contributed by atoms with E-state index in [9.17, 15) is 4.39 Å². The number of halogens is 1. The quantitative estimate of drug-likeness (QED) is 0.743. The molecule has 0 radical (unpaired) electrons. The summed E-state index contributed by atoms with van der Waals surface area (Å²) in [6.07, 6.45) is 0. The van der Waals surface area contributed by atoms with Crippen molar-refractivity contribution in [3.63, 3.8) is 0 Å². The SMILES string of the molecule is Cc1cc(F)ccc1-c1[nH]nc(N)c1-c1ccccc1C. The number of aromatic amines is 1. The number of benzene rings is 2. The minimum atomic E-state index is -0.249. The molecule has 0 amide bonds. The molecule has 3 N–H and O–H groups in total. The lowest BCUT2D eigenvalue weighted by Crippen LogP contribution is -1.92. The van der Waals surface area contributed by atoms with Crippen LogP contribution in [0.1, 0.15) is 11.1 Å². The van der Waals surface area contributed by atoms with Gasteiger partial charge in [-0.3, -0.25) is 5.10 Å². The molecule has 0 unspecified atom stereocenters. The average Bonchev–Trinajstić information content (AvgIpc) is 2.81. The van der Waals surface area contributed by atoms with Gasteiger partial charge in [-0.15, -0.1) is 0 Å². The number of H-pyrrole nitrogens is 1. The lowest BCUT2D eigenvalue weighted by Gasteiger charge is -2.10. The fraction of sp³-hybridized carbons (Fsp3) is 0.118. The molecule has 4 heteroatoms. The Kier molecular flexibility index (Phi) is 3.22. The van der Waals surface area contributed by atoms with Crippen LogP contribution >= 0.6 is 0 Å². The van der Waals surface area contributed by atoms with Crippen LogP contribution in [0.2, 0.25) is 0 Å². The summed E-state index contributed by atoms with van der Waals surface area (Å²) >= 11 is 0. The van der Waals surface area contributed by atoms with Crippen molar-refractivity contribution in [1.82, 2.24) is 10.2 Å². The second kappa shape index (κ2) is 5.05. The van der Waals surface area contributed by atoms with E-state index in [1.807, 2.05) is 38.1 Å². The fourth-order valence-electron chi connectivity index (χ4n) is 2.58. The Balaban J connectivity index is 2.25. The summed E-state index contributed by atoms with van der Waals surface area (Å²) in [4.78, 5) is 0. The average molecular weight is 281 g/mol. The molecule has 1 aromatic heterocycles. The summed E-state index contributed by atoms with van der Waals surface area (Å²) in [5.74, 6) is 0.198. The van der Waals surface area contributed by atoms with Crippen LogP contribution < -0.4 is 5.73 Å². The standard InChI is InChI=1S/C17H16FN3/c1-10-5-3-4-6-13(10)15-16(20-21-17(15)19)14-8-7-12(18)9-11(14)2/h3-9H,1-2H3,(H3,19,20,21). The molecule has 0 atom stereocenters. The first kappa shape index (κ1) is 13.4. The molecule has 0 spiro atoms. The Morgan fingerprint density at radius 1 is 1.00 bits per heavy atom. The summed E-state index contributed by atoms with van der Waals surface area (Å²) in [6.45, 7) is 3.90. The van der Waals surface area contributed by atoms with E-state index in [0.29, 0.717) is 5.82 Å². The molecule has 0 aliphatic heterocycles. The Bertz CT molecular complexity index is 806. The van der Waals surface area contributed by atoms with Gasteiger partial charge in [-0.05, 0) is 48.7 Å². The van der Waals surface area contributed by atoms with Crippen LogP contribution in [0.4, 0.5) is 10.2 Å². The first-order valence-corrected chi connectivity index (χ1v) is 6.74. The molecule has 3 rings (SSSR count). The second-order valence-electron chi connectivity index (χ2n) is 5.13. The maximum atomic E-state index is 13.3. The van der Waals surface area contributed by atoms with Crippen LogP contribution in [0.3, 0.4) is 0 Å². The lowest BCUT2D eigenvalue weighted by atomic mass is 9.95. The van der Waals surface area contributed by atoms with Gasteiger partial charge >= 0.3 is 0 Å². The van der Waals surface area contributed by atoms with Crippen LogP contribution in [0, 0.1) is 19.7 Å². The highest BCUT2D eigenvalue weighted by Crippen LogP contribution is 2.37. The fourth-order valence-corrected chi connectivity index (χ4v) is 2.58. The summed E-state index contributed by atoms with van der Waals surface area (Å²) in [6, 6.07) is 12.7. The van der Waals surface area contributed by atoms with Crippen molar-refractivity contribution < 1.29 is 4.39 Å². The Labute approximate surface area is 122 Å². The first-order valence-electron chi connectivity index (χ1n) is 6.74. The number of nitrogens with one attached hydrogen (secondary N) is 1. The molecule has 3 aromatic rings. The molecule has 3 nitrogen and oxygen atoms in total. The topological polar surface area (TPSA) is 54.7 Å². The molecule has 106 valence electrons. The summed E-state index contributed by atoms with van der Waals surface area (Å²) in [7, 11) is 0. The number of nitrogens with zero attached hydrogens (tertiary/aromatic N) is 1. The van der Waals surface area contributed by atoms with Crippen molar-refractivity contribution in [2.45, 2.75) is 13.8 Å². The molecule has 0 aliphatic rings. The molecular formula is C17H16FN3. The third-order valence-corrected chi connectivity index (χ3v) is 3.67. The summed E-state index contributed by atoms with van der Waals surface area (Å²) in [5, 5.41) is 7.11. The Morgan fingerprint density at radius 2 is 1.76 bits per heavy atom. The molecular weight excluding hydrogens is 265 g/mol. The van der Waals surface area contributed by atoms with Crippen LogP contribution in [0.5, 0.6) is 0 Å². The second-order valence-corrected chi connectivity index (χ2v) is 5.13. The van der Waals surface area contributed by atoms with Gasteiger partial charge in [0.1, 0.15) is 5.82 Å². The third kappa shape index (κ3) is 2.29. The predicted molar refractivity (Wildman–Crippen MR) is 83.3 cm³/mol. The van der Waals surface area contributed by atoms with Gasteiger partial charge in [0, 0.05) is 5.56 Å². The highest BCUT2D eigenvalue weighted by Gasteiger charge is 2.17. The van der Waals surface area contributed by atoms with E-state index in [1.54, 1.807) is 6.07 Å². The smallest absolute Gasteiger partial charge is 0.153 e. The predicted octanol–water partition coefficient (Wildman–Crippen LogP) is 4.08. The minimum absolute atomic E-state index is 0.249. The Morgan fingerprint density at radius 3 is 2.48 bits per heavy atom. The van der Waals surface area contributed by atoms with Gasteiger partial charge in [-0.2, -0.15) is 5.10 Å². The molecule has 21 heavy (non-hydrogen) atoms. The maximum absolute atomic E-state index is 13.3. The van der Waals surface area contributed by atoms with E-state index in [1.165, 1.54) is 12.1 Å². The first-order chi connectivity index (χ1) is 10.1. The van der Waals surface area contributed by atoms with Gasteiger partial charge in [0.15, 0.2) is 5.82 Å². The lowest BCUT2D eigenvalue weighted by molar-refractivity contribution is 0.627. The maximum Gasteiger partial charge on any atom is 0.153 e. The number of anilines is 1. The normalized spacial score (nSPS) is 10.8. The summed E-state index contributed by atoms with van der Waals surface area (Å²) in [5.41, 5.74) is 11.6. The van der Waals surface area contributed by atoms with Gasteiger partial charge < -0.3 is 5.73 Å². The van der Waals surface area contributed by atoms with Crippen LogP contribution in [0.25, 0.3) is 22.4 Å². The van der Waals surface area contributed by atoms with E-state index in [-0.39, 0.29) is 5.82 Å². The zero-order chi connectivity index (χ0) is 15.0. The molecule has 0 bridgehead atoms. The van der Waals surface area contributed by atoms with E-state index < -0.39 is 0 Å². The van der Waals surface area contributed by atoms with Crippen molar-refractivity contribution in [3.05, 3.63) is 59.4 Å². The highest BCUT2D eigenvalue weighted by atomic mass is 19.1. The van der Waals surface area contributed by atoms with E-state index in [2.05, 4.69) is 10.2 Å². The minimum Gasteiger partial charge on any atom is -0.382 e. The van der Waals surface area contributed by atoms with Gasteiger partial charge in [-0.1, -0.05) is 24.3 Å². The number of nitrogen functional groups attached to an aromatic ring is 1. The van der Waals surface area contributed by atoms with Crippen molar-refractivity contribution in [2.24, 2.45) is 0 Å². The monoisotopic (exact) mass is 281 g/mol. The van der Waals surface area contributed by atoms with Crippen molar-refractivity contribution in [1.29, 1.82) is 0 Å². The summed E-state index contributed by atoms with van der Waals surface area (Å²) < 4.78 is 13.3. The molecule has 2 aromatic carbocycles. The van der Waals surface area contributed by atoms with E-state index in [0.717, 1.165) is 33.5 Å². The molecule has 0 saturated carbocycles. The number of aryl methyl sites for hydroxylation is 2. The number of rotatable bonds is 2. The number of hydrogen-bond donors (Lipinski definition) is 2. The number of hydrogen-bond acceptors (Lipinski definition) is 2. The largest absolute Gasteiger partial charge is 0.382 e. The van der Waals surface area contributed by atoms with E-state index in [4.69, 9.17) is 5.73 Å². The zero-order valence-corrected chi connectivity index (χ0v) is 11.9. The number of aromatic nitrogens is 2. The molecule has 1 heterocycles. The van der Waals surface area contributed by atoms with Gasteiger partial charge in [0.2, 0.25) is 0 Å². The molecule has 0 fully saturated rings. The number of nitrogens with two attached hydrogens (primary N) is 1. The Hall–Kier alpha value is -2.62. The van der Waals surface area contributed by atoms with Crippen molar-refractivity contribution in [2.75, 3.05) is 5.73 Å². The van der Waals surface area contributed by atoms with Crippen LogP contribution in [-0.4, -0.2) is 10.2 Å². The van der Waals surface area contributed by atoms with Crippen LogP contribution in [-0.2, 0) is 0 Å². The van der Waals surface area contributed by atoms with Gasteiger partial charge in [-0.25, -0.2) is 4.39 Å². The van der Waals surface area contributed by atoms with Crippen molar-refractivity contribution >= 4 is 5.82 Å². The van der Waals surface area contributed by atoms with Crippen LogP contribution in [0.15, 0.2) is 42.5 Å². The third-order valence-electron chi connectivity index (χ3n) is 3.67. The van der Waals surface area contributed by atoms with Gasteiger partial charge in [0.05, 0.1) is 11.3 Å². The highest BCUT2D eigenvalue weighted by molar-refractivity contribution is 5.89.